The van der Waals surface area contributed by atoms with E-state index in [1.165, 1.54) is 11.1 Å². The van der Waals surface area contributed by atoms with Crippen LogP contribution >= 0.6 is 0 Å². The second kappa shape index (κ2) is 5.69. The maximum Gasteiger partial charge on any atom is 0.123 e. The van der Waals surface area contributed by atoms with E-state index in [1.807, 2.05) is 25.1 Å². The van der Waals surface area contributed by atoms with Crippen LogP contribution in [-0.4, -0.2) is 0 Å². The second-order valence-electron chi connectivity index (χ2n) is 4.58. The monoisotopic (exact) mass is 241 g/mol. The molecule has 0 aliphatic rings. The molecule has 0 atom stereocenters. The molecular formula is C16H19NO. The van der Waals surface area contributed by atoms with Crippen LogP contribution in [0, 0.1) is 13.8 Å². The van der Waals surface area contributed by atoms with Crippen molar-refractivity contribution in [3.63, 3.8) is 0 Å². The Labute approximate surface area is 108 Å². The largest absolute Gasteiger partial charge is 0.489 e. The fourth-order valence-corrected chi connectivity index (χ4v) is 1.77. The highest BCUT2D eigenvalue weighted by Crippen LogP contribution is 2.20. The normalized spacial score (nSPS) is 10.4. The molecule has 18 heavy (non-hydrogen) atoms. The van der Waals surface area contributed by atoms with Crippen molar-refractivity contribution < 1.29 is 4.74 Å². The lowest BCUT2D eigenvalue weighted by Gasteiger charge is -2.10. The molecule has 94 valence electrons. The van der Waals surface area contributed by atoms with Gasteiger partial charge in [-0.2, -0.15) is 0 Å². The number of hydrogen-bond acceptors (Lipinski definition) is 2. The Morgan fingerprint density at radius 2 is 1.61 bits per heavy atom. The van der Waals surface area contributed by atoms with Crippen molar-refractivity contribution in [3.05, 3.63) is 64.7 Å². The molecule has 0 saturated carbocycles. The number of hydrogen-bond donors (Lipinski definition) is 1. The van der Waals surface area contributed by atoms with Crippen LogP contribution in [0.2, 0.25) is 0 Å². The number of nitrogens with two attached hydrogens (primary N) is 1. The molecule has 0 spiro atoms. The number of ether oxygens (including phenoxy) is 1. The summed E-state index contributed by atoms with van der Waals surface area (Å²) in [5, 5.41) is 0. The zero-order valence-corrected chi connectivity index (χ0v) is 10.9. The highest BCUT2D eigenvalue weighted by atomic mass is 16.5. The molecule has 2 heteroatoms. The minimum Gasteiger partial charge on any atom is -0.489 e. The Morgan fingerprint density at radius 3 is 2.28 bits per heavy atom. The van der Waals surface area contributed by atoms with E-state index in [-0.39, 0.29) is 0 Å². The molecule has 0 saturated heterocycles. The Kier molecular flexibility index (Phi) is 4.00. The smallest absolute Gasteiger partial charge is 0.123 e. The van der Waals surface area contributed by atoms with Gasteiger partial charge >= 0.3 is 0 Å². The molecule has 0 unspecified atom stereocenters. The summed E-state index contributed by atoms with van der Waals surface area (Å²) in [6.07, 6.45) is 0. The topological polar surface area (TPSA) is 35.2 Å². The molecule has 2 rings (SSSR count). The van der Waals surface area contributed by atoms with Crippen molar-refractivity contribution in [1.29, 1.82) is 0 Å². The lowest BCUT2D eigenvalue weighted by atomic mass is 10.1. The molecule has 0 aliphatic carbocycles. The maximum absolute atomic E-state index is 5.85. The standard InChI is InChI=1S/C16H19NO/c1-12-3-6-14(7-4-12)11-18-16-9-15(10-17)8-5-13(16)2/h3-9H,10-11,17H2,1-2H3. The van der Waals surface area contributed by atoms with Gasteiger partial charge in [0.2, 0.25) is 0 Å². The first kappa shape index (κ1) is 12.7. The molecule has 0 aromatic heterocycles. The van der Waals surface area contributed by atoms with Crippen LogP contribution in [0.25, 0.3) is 0 Å². The van der Waals surface area contributed by atoms with Gasteiger partial charge in [0.1, 0.15) is 12.4 Å². The molecule has 2 aromatic rings. The van der Waals surface area contributed by atoms with Crippen LogP contribution in [0.5, 0.6) is 5.75 Å². The van der Waals surface area contributed by atoms with E-state index in [1.54, 1.807) is 0 Å². The summed E-state index contributed by atoms with van der Waals surface area (Å²) in [5.41, 5.74) is 10.3. The van der Waals surface area contributed by atoms with Gasteiger partial charge in [-0.05, 0) is 36.6 Å². The third kappa shape index (κ3) is 3.11. The Hall–Kier alpha value is -1.80. The first-order valence-corrected chi connectivity index (χ1v) is 6.17. The van der Waals surface area contributed by atoms with E-state index in [9.17, 15) is 0 Å². The quantitative estimate of drug-likeness (QED) is 0.891. The second-order valence-corrected chi connectivity index (χ2v) is 4.58. The predicted molar refractivity (Wildman–Crippen MR) is 74.6 cm³/mol. The molecule has 0 heterocycles. The molecule has 2 nitrogen and oxygen atoms in total. The maximum atomic E-state index is 5.85. The van der Waals surface area contributed by atoms with Gasteiger partial charge in [-0.15, -0.1) is 0 Å². The van der Waals surface area contributed by atoms with Crippen LogP contribution in [0.15, 0.2) is 42.5 Å². The first-order chi connectivity index (χ1) is 8.69. The average Bonchev–Trinajstić information content (AvgIpc) is 2.40. The van der Waals surface area contributed by atoms with Crippen molar-refractivity contribution >= 4 is 0 Å². The molecule has 0 aliphatic heterocycles. The van der Waals surface area contributed by atoms with Gasteiger partial charge < -0.3 is 10.5 Å². The third-order valence-corrected chi connectivity index (χ3v) is 3.00. The van der Waals surface area contributed by atoms with E-state index in [0.717, 1.165) is 16.9 Å². The van der Waals surface area contributed by atoms with Gasteiger partial charge in [0, 0.05) is 6.54 Å². The van der Waals surface area contributed by atoms with E-state index in [0.29, 0.717) is 13.2 Å². The Balaban J connectivity index is 2.07. The SMILES string of the molecule is Cc1ccc(COc2cc(CN)ccc2C)cc1. The summed E-state index contributed by atoms with van der Waals surface area (Å²) in [5.74, 6) is 0.915. The molecule has 0 radical (unpaired) electrons. The lowest BCUT2D eigenvalue weighted by Crippen LogP contribution is -2.00. The van der Waals surface area contributed by atoms with Crippen LogP contribution in [-0.2, 0) is 13.2 Å². The number of aryl methyl sites for hydroxylation is 2. The van der Waals surface area contributed by atoms with Crippen molar-refractivity contribution in [2.75, 3.05) is 0 Å². The van der Waals surface area contributed by atoms with Crippen LogP contribution in [0.1, 0.15) is 22.3 Å². The summed E-state index contributed by atoms with van der Waals surface area (Å²) in [4.78, 5) is 0. The van der Waals surface area contributed by atoms with Crippen molar-refractivity contribution in [2.45, 2.75) is 27.0 Å². The van der Waals surface area contributed by atoms with E-state index < -0.39 is 0 Å². The van der Waals surface area contributed by atoms with Gasteiger partial charge in [-0.3, -0.25) is 0 Å². The highest BCUT2D eigenvalue weighted by molar-refractivity contribution is 5.36. The zero-order valence-electron chi connectivity index (χ0n) is 10.9. The summed E-state index contributed by atoms with van der Waals surface area (Å²) in [7, 11) is 0. The minimum atomic E-state index is 0.543. The third-order valence-electron chi connectivity index (χ3n) is 3.00. The van der Waals surface area contributed by atoms with Crippen LogP contribution < -0.4 is 10.5 Å². The van der Waals surface area contributed by atoms with Crippen molar-refractivity contribution in [1.82, 2.24) is 0 Å². The lowest BCUT2D eigenvalue weighted by molar-refractivity contribution is 0.304. The van der Waals surface area contributed by atoms with Gasteiger partial charge in [-0.25, -0.2) is 0 Å². The Morgan fingerprint density at radius 1 is 0.944 bits per heavy atom. The van der Waals surface area contributed by atoms with E-state index in [4.69, 9.17) is 10.5 Å². The van der Waals surface area contributed by atoms with Gasteiger partial charge in [0.05, 0.1) is 0 Å². The van der Waals surface area contributed by atoms with Gasteiger partial charge in [0.25, 0.3) is 0 Å². The molecule has 0 bridgehead atoms. The highest BCUT2D eigenvalue weighted by Gasteiger charge is 2.01. The van der Waals surface area contributed by atoms with Crippen molar-refractivity contribution in [2.24, 2.45) is 5.73 Å². The molecular weight excluding hydrogens is 222 g/mol. The average molecular weight is 241 g/mol. The van der Waals surface area contributed by atoms with Crippen LogP contribution in [0.3, 0.4) is 0 Å². The fourth-order valence-electron chi connectivity index (χ4n) is 1.77. The molecule has 2 aromatic carbocycles. The number of benzene rings is 2. The summed E-state index contributed by atoms with van der Waals surface area (Å²) in [6.45, 7) is 5.26. The summed E-state index contributed by atoms with van der Waals surface area (Å²) >= 11 is 0. The van der Waals surface area contributed by atoms with E-state index in [2.05, 4.69) is 31.2 Å². The molecule has 2 N–H and O–H groups in total. The number of rotatable bonds is 4. The predicted octanol–water partition coefficient (Wildman–Crippen LogP) is 3.34. The van der Waals surface area contributed by atoms with Crippen LogP contribution in [0.4, 0.5) is 0 Å². The van der Waals surface area contributed by atoms with Gasteiger partial charge in [0.15, 0.2) is 0 Å². The first-order valence-electron chi connectivity index (χ1n) is 6.17. The fraction of sp³-hybridized carbons (Fsp3) is 0.250. The minimum absolute atomic E-state index is 0.543. The van der Waals surface area contributed by atoms with E-state index >= 15 is 0 Å². The zero-order chi connectivity index (χ0) is 13.0. The molecule has 0 amide bonds. The Bertz CT molecular complexity index is 517. The van der Waals surface area contributed by atoms with Crippen molar-refractivity contribution in [3.8, 4) is 5.75 Å². The summed E-state index contributed by atoms with van der Waals surface area (Å²) < 4.78 is 5.85. The van der Waals surface area contributed by atoms with Gasteiger partial charge in [-0.1, -0.05) is 42.0 Å². The summed E-state index contributed by atoms with van der Waals surface area (Å²) in [6, 6.07) is 14.5. The molecule has 0 fully saturated rings.